The fourth-order valence-electron chi connectivity index (χ4n) is 2.81. The molecule has 4 rings (SSSR count). The van der Waals surface area contributed by atoms with Gasteiger partial charge in [-0.1, -0.05) is 29.8 Å². The van der Waals surface area contributed by atoms with Gasteiger partial charge in [-0.15, -0.1) is 11.3 Å². The molecule has 5 nitrogen and oxygen atoms in total. The number of hydrogen-bond acceptors (Lipinski definition) is 5. The average Bonchev–Trinajstić information content (AvgIpc) is 2.95. The summed E-state index contributed by atoms with van der Waals surface area (Å²) < 4.78 is 5.81. The van der Waals surface area contributed by atoms with E-state index in [4.69, 9.17) is 10.5 Å². The molecule has 130 valence electrons. The summed E-state index contributed by atoms with van der Waals surface area (Å²) in [5.41, 5.74) is 10.2. The number of nitrogens with two attached hydrogens (primary N) is 1. The molecule has 3 aromatic rings. The molecule has 0 fully saturated rings. The van der Waals surface area contributed by atoms with Crippen molar-refractivity contribution in [2.24, 2.45) is 0 Å². The Balaban J connectivity index is 1.66. The first-order valence-electron chi connectivity index (χ1n) is 8.14. The van der Waals surface area contributed by atoms with Crippen LogP contribution in [0.4, 0.5) is 10.8 Å². The molecular formula is C20H17N3O2S. The number of amides is 1. The van der Waals surface area contributed by atoms with Crippen LogP contribution in [0, 0.1) is 13.8 Å². The number of ether oxygens (including phenoxy) is 1. The van der Waals surface area contributed by atoms with Gasteiger partial charge in [0.15, 0.2) is 16.6 Å². The van der Waals surface area contributed by atoms with Gasteiger partial charge in [0.25, 0.3) is 5.91 Å². The van der Waals surface area contributed by atoms with Gasteiger partial charge in [0.1, 0.15) is 0 Å². The fraction of sp³-hybridized carbons (Fsp3) is 0.100. The van der Waals surface area contributed by atoms with Crippen molar-refractivity contribution >= 4 is 34.1 Å². The van der Waals surface area contributed by atoms with E-state index in [2.05, 4.69) is 10.3 Å². The molecule has 0 spiro atoms. The number of hydrogen-bond donors (Lipinski definition) is 2. The van der Waals surface area contributed by atoms with Crippen molar-refractivity contribution in [1.29, 1.82) is 0 Å². The molecule has 1 aliphatic heterocycles. The standard InChI is InChI=1S/C20H17N3O2S/c1-11-3-5-13(6-4-11)9-17-19(24)22-15-10-14(7-8-16(15)25-17)18-12(2)26-20(21)23-18/h3-10H,1-2H3,(H2,21,23)(H,22,24)/b17-9+. The van der Waals surface area contributed by atoms with E-state index in [1.807, 2.05) is 56.3 Å². The third-order valence-corrected chi connectivity index (χ3v) is 4.93. The lowest BCUT2D eigenvalue weighted by molar-refractivity contribution is -0.115. The summed E-state index contributed by atoms with van der Waals surface area (Å²) in [4.78, 5) is 17.8. The predicted molar refractivity (Wildman–Crippen MR) is 105 cm³/mol. The van der Waals surface area contributed by atoms with Gasteiger partial charge in [-0.2, -0.15) is 0 Å². The van der Waals surface area contributed by atoms with Gasteiger partial charge in [-0.25, -0.2) is 4.98 Å². The molecule has 0 aliphatic carbocycles. The second-order valence-electron chi connectivity index (χ2n) is 6.14. The zero-order chi connectivity index (χ0) is 18.3. The number of thiazole rings is 1. The van der Waals surface area contributed by atoms with Crippen molar-refractivity contribution in [2.75, 3.05) is 11.1 Å². The Kier molecular flexibility index (Phi) is 3.97. The minimum atomic E-state index is -0.273. The first-order valence-corrected chi connectivity index (χ1v) is 8.96. The van der Waals surface area contributed by atoms with Gasteiger partial charge in [-0.05, 0) is 43.7 Å². The summed E-state index contributed by atoms with van der Waals surface area (Å²) in [6, 6.07) is 13.5. The number of fused-ring (bicyclic) bond motifs is 1. The van der Waals surface area contributed by atoms with Gasteiger partial charge in [0, 0.05) is 10.4 Å². The lowest BCUT2D eigenvalue weighted by Crippen LogP contribution is -2.23. The van der Waals surface area contributed by atoms with E-state index in [0.29, 0.717) is 16.6 Å². The SMILES string of the molecule is Cc1ccc(/C=C2/Oc3ccc(-c4nc(N)sc4C)cc3NC2=O)cc1. The van der Waals surface area contributed by atoms with Crippen LogP contribution < -0.4 is 15.8 Å². The molecule has 0 bridgehead atoms. The zero-order valence-electron chi connectivity index (χ0n) is 14.4. The van der Waals surface area contributed by atoms with Crippen LogP contribution in [0.25, 0.3) is 17.3 Å². The van der Waals surface area contributed by atoms with Crippen molar-refractivity contribution in [2.45, 2.75) is 13.8 Å². The predicted octanol–water partition coefficient (Wildman–Crippen LogP) is 4.38. The Labute approximate surface area is 155 Å². The fourth-order valence-corrected chi connectivity index (χ4v) is 3.52. The summed E-state index contributed by atoms with van der Waals surface area (Å²) in [5.74, 6) is 0.598. The highest BCUT2D eigenvalue weighted by Crippen LogP contribution is 2.37. The van der Waals surface area contributed by atoms with E-state index < -0.39 is 0 Å². The van der Waals surface area contributed by atoms with Gasteiger partial charge in [-0.3, -0.25) is 4.79 Å². The quantitative estimate of drug-likeness (QED) is 0.662. The van der Waals surface area contributed by atoms with Gasteiger partial charge < -0.3 is 15.8 Å². The Hall–Kier alpha value is -3.12. The first kappa shape index (κ1) is 16.4. The first-order chi connectivity index (χ1) is 12.5. The number of rotatable bonds is 2. The molecule has 1 aromatic heterocycles. The van der Waals surface area contributed by atoms with E-state index in [0.717, 1.165) is 27.3 Å². The number of carbonyl (C=O) groups excluding carboxylic acids is 1. The molecule has 26 heavy (non-hydrogen) atoms. The number of benzene rings is 2. The number of carbonyl (C=O) groups is 1. The molecule has 0 atom stereocenters. The lowest BCUT2D eigenvalue weighted by atomic mass is 10.1. The van der Waals surface area contributed by atoms with Gasteiger partial charge in [0.2, 0.25) is 0 Å². The molecule has 1 amide bonds. The number of nitrogen functional groups attached to an aromatic ring is 1. The summed E-state index contributed by atoms with van der Waals surface area (Å²) in [6.07, 6.45) is 1.73. The van der Waals surface area contributed by atoms with Crippen LogP contribution in [0.1, 0.15) is 16.0 Å². The number of aromatic nitrogens is 1. The largest absolute Gasteiger partial charge is 0.449 e. The summed E-state index contributed by atoms with van der Waals surface area (Å²) >= 11 is 1.44. The van der Waals surface area contributed by atoms with E-state index in [1.54, 1.807) is 6.08 Å². The van der Waals surface area contributed by atoms with Gasteiger partial charge >= 0.3 is 0 Å². The maximum Gasteiger partial charge on any atom is 0.291 e. The molecule has 0 radical (unpaired) electrons. The Bertz CT molecular complexity index is 1040. The summed E-state index contributed by atoms with van der Waals surface area (Å²) in [6.45, 7) is 3.99. The number of nitrogens with zero attached hydrogens (tertiary/aromatic N) is 1. The Morgan fingerprint density at radius 1 is 1.15 bits per heavy atom. The molecule has 6 heteroatoms. The zero-order valence-corrected chi connectivity index (χ0v) is 15.2. The van der Waals surface area contributed by atoms with E-state index >= 15 is 0 Å². The number of nitrogens with one attached hydrogen (secondary N) is 1. The molecular weight excluding hydrogens is 346 g/mol. The smallest absolute Gasteiger partial charge is 0.291 e. The minimum absolute atomic E-state index is 0.267. The molecule has 3 N–H and O–H groups in total. The van der Waals surface area contributed by atoms with Crippen molar-refractivity contribution in [1.82, 2.24) is 4.98 Å². The normalized spacial score (nSPS) is 14.7. The molecule has 1 aliphatic rings. The highest BCUT2D eigenvalue weighted by atomic mass is 32.1. The lowest BCUT2D eigenvalue weighted by Gasteiger charge is -2.20. The average molecular weight is 363 g/mol. The van der Waals surface area contributed by atoms with E-state index in [1.165, 1.54) is 11.3 Å². The second-order valence-corrected chi connectivity index (χ2v) is 7.38. The maximum atomic E-state index is 12.4. The van der Waals surface area contributed by atoms with Crippen LogP contribution in [0.5, 0.6) is 5.75 Å². The molecule has 0 saturated heterocycles. The molecule has 2 heterocycles. The van der Waals surface area contributed by atoms with Crippen LogP contribution in [0.15, 0.2) is 48.2 Å². The Morgan fingerprint density at radius 3 is 2.62 bits per heavy atom. The molecule has 0 unspecified atom stereocenters. The van der Waals surface area contributed by atoms with Crippen LogP contribution in [0.3, 0.4) is 0 Å². The van der Waals surface area contributed by atoms with Crippen LogP contribution >= 0.6 is 11.3 Å². The number of anilines is 2. The van der Waals surface area contributed by atoms with Crippen molar-refractivity contribution in [3.8, 4) is 17.0 Å². The monoisotopic (exact) mass is 363 g/mol. The van der Waals surface area contributed by atoms with Crippen molar-refractivity contribution in [3.05, 3.63) is 64.2 Å². The topological polar surface area (TPSA) is 77.2 Å². The molecule has 2 aromatic carbocycles. The summed E-state index contributed by atoms with van der Waals surface area (Å²) in [5, 5.41) is 3.42. The second kappa shape index (κ2) is 6.31. The van der Waals surface area contributed by atoms with Gasteiger partial charge in [0.05, 0.1) is 11.4 Å². The highest BCUT2D eigenvalue weighted by Gasteiger charge is 2.23. The summed E-state index contributed by atoms with van der Waals surface area (Å²) in [7, 11) is 0. The van der Waals surface area contributed by atoms with Crippen LogP contribution in [-0.4, -0.2) is 10.9 Å². The number of aryl methyl sites for hydroxylation is 2. The van der Waals surface area contributed by atoms with E-state index in [-0.39, 0.29) is 11.7 Å². The van der Waals surface area contributed by atoms with Crippen molar-refractivity contribution in [3.63, 3.8) is 0 Å². The third kappa shape index (κ3) is 3.07. The third-order valence-electron chi connectivity index (χ3n) is 4.13. The van der Waals surface area contributed by atoms with E-state index in [9.17, 15) is 4.79 Å². The maximum absolute atomic E-state index is 12.4. The van der Waals surface area contributed by atoms with Crippen LogP contribution in [0.2, 0.25) is 0 Å². The minimum Gasteiger partial charge on any atom is -0.449 e. The van der Waals surface area contributed by atoms with Crippen molar-refractivity contribution < 1.29 is 9.53 Å². The Morgan fingerprint density at radius 2 is 1.92 bits per heavy atom. The highest BCUT2D eigenvalue weighted by molar-refractivity contribution is 7.15. The molecule has 0 saturated carbocycles. The van der Waals surface area contributed by atoms with Crippen LogP contribution in [-0.2, 0) is 4.79 Å².